The van der Waals surface area contributed by atoms with E-state index in [0.29, 0.717) is 6.04 Å². The predicted molar refractivity (Wildman–Crippen MR) is 101 cm³/mol. The molecule has 0 N–H and O–H groups in total. The quantitative estimate of drug-likeness (QED) is 0.516. The molecule has 1 unspecified atom stereocenters. The van der Waals surface area contributed by atoms with Crippen LogP contribution in [0.15, 0.2) is 54.7 Å². The first kappa shape index (κ1) is 16.5. The summed E-state index contributed by atoms with van der Waals surface area (Å²) in [4.78, 5) is 13.0. The van der Waals surface area contributed by atoms with Crippen LogP contribution in [0.2, 0.25) is 0 Å². The molecular weight excluding hydrogens is 294 g/mol. The van der Waals surface area contributed by atoms with Gasteiger partial charge in [-0.05, 0) is 32.4 Å². The van der Waals surface area contributed by atoms with Gasteiger partial charge in [0.2, 0.25) is 0 Å². The fourth-order valence-electron chi connectivity index (χ4n) is 3.33. The van der Waals surface area contributed by atoms with Gasteiger partial charge >= 0.3 is 0 Å². The van der Waals surface area contributed by atoms with E-state index in [1.807, 2.05) is 43.3 Å². The van der Waals surface area contributed by atoms with Crippen LogP contribution in [0.25, 0.3) is 10.9 Å². The van der Waals surface area contributed by atoms with E-state index >= 15 is 0 Å². The number of unbranched alkanes of at least 4 members (excludes halogenated alkanes) is 1. The molecule has 0 saturated heterocycles. The molecule has 2 heteroatoms. The molecule has 1 heterocycles. The van der Waals surface area contributed by atoms with Gasteiger partial charge in [-0.25, -0.2) is 0 Å². The maximum Gasteiger partial charge on any atom is 0.195 e. The highest BCUT2D eigenvalue weighted by atomic mass is 16.1. The molecule has 24 heavy (non-hydrogen) atoms. The summed E-state index contributed by atoms with van der Waals surface area (Å²) in [7, 11) is 0. The number of fused-ring (bicyclic) bond motifs is 1. The second kappa shape index (κ2) is 7.04. The van der Waals surface area contributed by atoms with Crippen molar-refractivity contribution >= 4 is 16.7 Å². The first-order valence-electron chi connectivity index (χ1n) is 8.82. The summed E-state index contributed by atoms with van der Waals surface area (Å²) < 4.78 is 2.27. The molecule has 0 bridgehead atoms. The first-order chi connectivity index (χ1) is 11.6. The lowest BCUT2D eigenvalue weighted by atomic mass is 10.0. The molecule has 0 saturated carbocycles. The maximum absolute atomic E-state index is 13.0. The van der Waals surface area contributed by atoms with Crippen molar-refractivity contribution in [2.24, 2.45) is 0 Å². The second-order valence-corrected chi connectivity index (χ2v) is 6.66. The van der Waals surface area contributed by atoms with Crippen LogP contribution in [0, 0.1) is 6.92 Å². The van der Waals surface area contributed by atoms with Crippen LogP contribution in [0.1, 0.15) is 60.6 Å². The third-order valence-electron chi connectivity index (χ3n) is 4.72. The Labute approximate surface area is 144 Å². The maximum atomic E-state index is 13.0. The normalized spacial score (nSPS) is 12.5. The monoisotopic (exact) mass is 319 g/mol. The molecule has 0 radical (unpaired) electrons. The van der Waals surface area contributed by atoms with Gasteiger partial charge in [-0.1, -0.05) is 61.7 Å². The number of benzene rings is 2. The van der Waals surface area contributed by atoms with Crippen molar-refractivity contribution in [1.82, 2.24) is 4.57 Å². The smallest absolute Gasteiger partial charge is 0.195 e. The van der Waals surface area contributed by atoms with Gasteiger partial charge in [-0.2, -0.15) is 0 Å². The number of hydrogen-bond acceptors (Lipinski definition) is 1. The van der Waals surface area contributed by atoms with Crippen LogP contribution in [-0.2, 0) is 0 Å². The van der Waals surface area contributed by atoms with Gasteiger partial charge in [-0.15, -0.1) is 0 Å². The fraction of sp³-hybridized carbons (Fsp3) is 0.318. The number of aryl methyl sites for hydroxylation is 1. The second-order valence-electron chi connectivity index (χ2n) is 6.66. The average molecular weight is 319 g/mol. The molecule has 0 aliphatic rings. The Morgan fingerprint density at radius 2 is 1.92 bits per heavy atom. The minimum Gasteiger partial charge on any atom is -0.344 e. The SMILES string of the molecule is CCCCC(C)n1cc(C(=O)c2cccc(C)c2)c2ccccc21. The van der Waals surface area contributed by atoms with Crippen LogP contribution in [-0.4, -0.2) is 10.4 Å². The number of carbonyl (C=O) groups is 1. The summed E-state index contributed by atoms with van der Waals surface area (Å²) in [5, 5.41) is 1.05. The fourth-order valence-corrected chi connectivity index (χ4v) is 3.33. The van der Waals surface area contributed by atoms with Crippen LogP contribution in [0.5, 0.6) is 0 Å². The molecule has 3 rings (SSSR count). The van der Waals surface area contributed by atoms with Gasteiger partial charge in [-0.3, -0.25) is 4.79 Å². The topological polar surface area (TPSA) is 22.0 Å². The molecule has 0 amide bonds. The number of ketones is 1. The zero-order valence-electron chi connectivity index (χ0n) is 14.8. The molecule has 2 nitrogen and oxygen atoms in total. The Morgan fingerprint density at radius 1 is 1.12 bits per heavy atom. The van der Waals surface area contributed by atoms with Crippen molar-refractivity contribution in [1.29, 1.82) is 0 Å². The Morgan fingerprint density at radius 3 is 2.67 bits per heavy atom. The molecule has 3 aromatic rings. The molecule has 1 atom stereocenters. The molecule has 0 fully saturated rings. The van der Waals surface area contributed by atoms with Crippen molar-refractivity contribution in [2.45, 2.75) is 46.1 Å². The van der Waals surface area contributed by atoms with Gasteiger partial charge in [0.1, 0.15) is 0 Å². The average Bonchev–Trinajstić information content (AvgIpc) is 2.99. The standard InChI is InChI=1S/C22H25NO/c1-4-5-10-17(3)23-15-20(19-12-6-7-13-21(19)23)22(24)18-11-8-9-16(2)14-18/h6-9,11-15,17H,4-5,10H2,1-3H3. The zero-order valence-corrected chi connectivity index (χ0v) is 14.8. The molecule has 1 aromatic heterocycles. The number of aromatic nitrogens is 1. The molecule has 0 aliphatic carbocycles. The Hall–Kier alpha value is -2.35. The van der Waals surface area contributed by atoms with Crippen molar-refractivity contribution in [3.63, 3.8) is 0 Å². The minimum absolute atomic E-state index is 0.108. The van der Waals surface area contributed by atoms with Crippen LogP contribution in [0.4, 0.5) is 0 Å². The third kappa shape index (κ3) is 3.14. The summed E-state index contributed by atoms with van der Waals surface area (Å²) in [6, 6.07) is 16.5. The number of nitrogens with zero attached hydrogens (tertiary/aromatic N) is 1. The van der Waals surface area contributed by atoms with Gasteiger partial charge in [0.15, 0.2) is 5.78 Å². The third-order valence-corrected chi connectivity index (χ3v) is 4.72. The minimum atomic E-state index is 0.108. The number of hydrogen-bond donors (Lipinski definition) is 0. The highest BCUT2D eigenvalue weighted by Crippen LogP contribution is 2.28. The van der Waals surface area contributed by atoms with E-state index in [1.165, 1.54) is 12.8 Å². The van der Waals surface area contributed by atoms with E-state index < -0.39 is 0 Å². The van der Waals surface area contributed by atoms with E-state index in [9.17, 15) is 4.79 Å². The van der Waals surface area contributed by atoms with E-state index in [2.05, 4.69) is 36.7 Å². The zero-order chi connectivity index (χ0) is 17.1. The molecular formula is C22H25NO. The molecule has 0 spiro atoms. The van der Waals surface area contributed by atoms with Crippen molar-refractivity contribution in [3.05, 3.63) is 71.4 Å². The van der Waals surface area contributed by atoms with E-state index in [4.69, 9.17) is 0 Å². The summed E-state index contributed by atoms with van der Waals surface area (Å²) in [5.41, 5.74) is 3.83. The summed E-state index contributed by atoms with van der Waals surface area (Å²) in [6.45, 7) is 6.48. The lowest BCUT2D eigenvalue weighted by Crippen LogP contribution is -2.04. The van der Waals surface area contributed by atoms with Crippen LogP contribution < -0.4 is 0 Å². The summed E-state index contributed by atoms with van der Waals surface area (Å²) >= 11 is 0. The highest BCUT2D eigenvalue weighted by Gasteiger charge is 2.18. The van der Waals surface area contributed by atoms with Crippen molar-refractivity contribution in [3.8, 4) is 0 Å². The van der Waals surface area contributed by atoms with Gasteiger partial charge in [0.25, 0.3) is 0 Å². The number of para-hydroxylation sites is 1. The van der Waals surface area contributed by atoms with Crippen LogP contribution >= 0.6 is 0 Å². The van der Waals surface area contributed by atoms with Gasteiger partial charge < -0.3 is 4.57 Å². The largest absolute Gasteiger partial charge is 0.344 e. The Kier molecular flexibility index (Phi) is 4.84. The van der Waals surface area contributed by atoms with E-state index in [-0.39, 0.29) is 5.78 Å². The van der Waals surface area contributed by atoms with Crippen molar-refractivity contribution < 1.29 is 4.79 Å². The van der Waals surface area contributed by atoms with E-state index in [1.54, 1.807) is 0 Å². The lowest BCUT2D eigenvalue weighted by Gasteiger charge is -2.14. The summed E-state index contributed by atoms with van der Waals surface area (Å²) in [5.74, 6) is 0.108. The predicted octanol–water partition coefficient (Wildman–Crippen LogP) is 5.93. The Bertz CT molecular complexity index is 859. The van der Waals surface area contributed by atoms with Gasteiger partial charge in [0, 0.05) is 34.3 Å². The van der Waals surface area contributed by atoms with E-state index in [0.717, 1.165) is 34.0 Å². The molecule has 0 aliphatic heterocycles. The molecule has 124 valence electrons. The molecule has 2 aromatic carbocycles. The first-order valence-corrected chi connectivity index (χ1v) is 8.82. The van der Waals surface area contributed by atoms with Crippen molar-refractivity contribution in [2.75, 3.05) is 0 Å². The van der Waals surface area contributed by atoms with Gasteiger partial charge in [0.05, 0.1) is 0 Å². The lowest BCUT2D eigenvalue weighted by molar-refractivity contribution is 0.104. The van der Waals surface area contributed by atoms with Crippen LogP contribution in [0.3, 0.4) is 0 Å². The Balaban J connectivity index is 2.07. The summed E-state index contributed by atoms with van der Waals surface area (Å²) in [6.07, 6.45) is 5.58. The number of rotatable bonds is 6. The highest BCUT2D eigenvalue weighted by molar-refractivity contribution is 6.16. The number of carbonyl (C=O) groups excluding carboxylic acids is 1.